The van der Waals surface area contributed by atoms with E-state index in [0.29, 0.717) is 17.4 Å². The molecule has 1 aliphatic carbocycles. The summed E-state index contributed by atoms with van der Waals surface area (Å²) in [6.45, 7) is 4.49. The van der Waals surface area contributed by atoms with Gasteiger partial charge in [0.05, 0.1) is 0 Å². The molecule has 0 bridgehead atoms. The Kier molecular flexibility index (Phi) is 8.15. The van der Waals surface area contributed by atoms with Crippen molar-refractivity contribution in [2.24, 2.45) is 5.92 Å². The molecule has 33 heavy (non-hydrogen) atoms. The Labute approximate surface area is 199 Å². The lowest BCUT2D eigenvalue weighted by atomic mass is 9.75. The third kappa shape index (κ3) is 6.44. The van der Waals surface area contributed by atoms with Crippen molar-refractivity contribution in [1.29, 1.82) is 0 Å². The number of halogens is 1. The third-order valence-corrected chi connectivity index (χ3v) is 7.37. The van der Waals surface area contributed by atoms with Crippen LogP contribution in [0.1, 0.15) is 92.0 Å². The minimum atomic E-state index is -0.132. The molecule has 0 aliphatic heterocycles. The van der Waals surface area contributed by atoms with Crippen LogP contribution >= 0.6 is 0 Å². The molecule has 0 saturated heterocycles. The van der Waals surface area contributed by atoms with Gasteiger partial charge in [0.25, 0.3) is 0 Å². The Bertz CT molecular complexity index is 1020. The average molecular weight is 441 g/mol. The first kappa shape index (κ1) is 23.5. The Morgan fingerprint density at radius 3 is 2.27 bits per heavy atom. The van der Waals surface area contributed by atoms with Crippen molar-refractivity contribution < 1.29 is 4.39 Å². The predicted molar refractivity (Wildman–Crippen MR) is 140 cm³/mol. The summed E-state index contributed by atoms with van der Waals surface area (Å²) in [6.07, 6.45) is 12.4. The minimum absolute atomic E-state index is 0.132. The van der Waals surface area contributed by atoms with Crippen LogP contribution in [0.4, 0.5) is 4.39 Å². The van der Waals surface area contributed by atoms with E-state index in [0.717, 1.165) is 29.9 Å². The summed E-state index contributed by atoms with van der Waals surface area (Å²) in [4.78, 5) is 0. The predicted octanol–water partition coefficient (Wildman–Crippen LogP) is 9.42. The maximum absolute atomic E-state index is 14.3. The first-order valence-electron chi connectivity index (χ1n) is 12.7. The second-order valence-corrected chi connectivity index (χ2v) is 9.87. The Hall–Kier alpha value is -2.67. The Morgan fingerprint density at radius 1 is 0.879 bits per heavy atom. The second kappa shape index (κ2) is 11.5. The fourth-order valence-electron chi connectivity index (χ4n) is 5.36. The molecule has 0 heterocycles. The smallest absolute Gasteiger partial charge is 0.130 e. The fourth-order valence-corrected chi connectivity index (χ4v) is 5.36. The Balaban J connectivity index is 1.29. The number of benzene rings is 3. The highest BCUT2D eigenvalue weighted by Gasteiger charge is 2.24. The van der Waals surface area contributed by atoms with Gasteiger partial charge in [-0.15, -0.1) is 0 Å². The standard InChI is InChI=1S/C32H37F/c1-3-7-26-15-21-31(32(33)23-26)20-12-25-10-16-29(17-11-25)30-18-13-27(14-19-30)22-24(2)28-8-5-4-6-9-28/h4-6,8-12,15-17,20-21,23-24,27,30H,3,7,13-14,18-19,22H2,1-2H3/t24-,27?,30?/m0/s1. The number of hydrogen-bond donors (Lipinski definition) is 0. The van der Waals surface area contributed by atoms with E-state index in [9.17, 15) is 4.39 Å². The molecule has 0 nitrogen and oxygen atoms in total. The SMILES string of the molecule is CCCc1ccc(C=Cc2ccc(C3CCC(C[C@H](C)c4ccccc4)CC3)cc2)c(F)c1. The lowest BCUT2D eigenvalue weighted by Gasteiger charge is -2.30. The van der Waals surface area contributed by atoms with E-state index in [4.69, 9.17) is 0 Å². The van der Waals surface area contributed by atoms with Crippen LogP contribution in [-0.2, 0) is 6.42 Å². The van der Waals surface area contributed by atoms with Crippen LogP contribution in [-0.4, -0.2) is 0 Å². The van der Waals surface area contributed by atoms with Gasteiger partial charge in [0.15, 0.2) is 0 Å². The molecule has 0 amide bonds. The minimum Gasteiger partial charge on any atom is -0.206 e. The number of hydrogen-bond acceptors (Lipinski definition) is 0. The van der Waals surface area contributed by atoms with Gasteiger partial charge in [-0.1, -0.05) is 99.2 Å². The summed E-state index contributed by atoms with van der Waals surface area (Å²) >= 11 is 0. The molecule has 1 aliphatic rings. The zero-order valence-electron chi connectivity index (χ0n) is 20.1. The Morgan fingerprint density at radius 2 is 1.61 bits per heavy atom. The zero-order valence-corrected chi connectivity index (χ0v) is 20.1. The van der Waals surface area contributed by atoms with Gasteiger partial charge in [-0.2, -0.15) is 0 Å². The average Bonchev–Trinajstić information content (AvgIpc) is 2.85. The summed E-state index contributed by atoms with van der Waals surface area (Å²) in [5.41, 5.74) is 5.78. The number of aryl methyl sites for hydroxylation is 1. The topological polar surface area (TPSA) is 0 Å². The molecule has 0 unspecified atom stereocenters. The van der Waals surface area contributed by atoms with E-state index in [2.05, 4.69) is 68.4 Å². The molecular weight excluding hydrogens is 403 g/mol. The van der Waals surface area contributed by atoms with Crippen LogP contribution in [0, 0.1) is 11.7 Å². The van der Waals surface area contributed by atoms with Crippen LogP contribution in [0.15, 0.2) is 72.8 Å². The van der Waals surface area contributed by atoms with Crippen molar-refractivity contribution in [2.45, 2.75) is 70.6 Å². The molecule has 172 valence electrons. The summed E-state index contributed by atoms with van der Waals surface area (Å²) in [5, 5.41) is 0. The van der Waals surface area contributed by atoms with Gasteiger partial charge in [0.2, 0.25) is 0 Å². The molecule has 0 radical (unpaired) electrons. The van der Waals surface area contributed by atoms with E-state index in [1.54, 1.807) is 6.07 Å². The summed E-state index contributed by atoms with van der Waals surface area (Å²) < 4.78 is 14.3. The largest absolute Gasteiger partial charge is 0.206 e. The van der Waals surface area contributed by atoms with E-state index < -0.39 is 0 Å². The number of rotatable bonds is 8. The first-order chi connectivity index (χ1) is 16.1. The van der Waals surface area contributed by atoms with Crippen LogP contribution in [0.3, 0.4) is 0 Å². The fraction of sp³-hybridized carbons (Fsp3) is 0.375. The lowest BCUT2D eigenvalue weighted by Crippen LogP contribution is -2.15. The van der Waals surface area contributed by atoms with Crippen molar-refractivity contribution in [3.63, 3.8) is 0 Å². The summed E-state index contributed by atoms with van der Waals surface area (Å²) in [7, 11) is 0. The van der Waals surface area contributed by atoms with E-state index in [1.807, 2.05) is 24.3 Å². The quantitative estimate of drug-likeness (QED) is 0.306. The highest BCUT2D eigenvalue weighted by atomic mass is 19.1. The molecule has 4 rings (SSSR count). The first-order valence-corrected chi connectivity index (χ1v) is 12.7. The molecule has 3 aromatic carbocycles. The second-order valence-electron chi connectivity index (χ2n) is 9.87. The van der Waals surface area contributed by atoms with Gasteiger partial charge in [0, 0.05) is 5.56 Å². The molecule has 1 fully saturated rings. The van der Waals surface area contributed by atoms with Crippen LogP contribution in [0.25, 0.3) is 12.2 Å². The molecule has 0 spiro atoms. The molecular formula is C32H37F. The molecule has 1 atom stereocenters. The summed E-state index contributed by atoms with van der Waals surface area (Å²) in [6, 6.07) is 25.4. The van der Waals surface area contributed by atoms with Gasteiger partial charge in [-0.3, -0.25) is 0 Å². The van der Waals surface area contributed by atoms with Gasteiger partial charge in [0.1, 0.15) is 5.82 Å². The lowest BCUT2D eigenvalue weighted by molar-refractivity contribution is 0.297. The van der Waals surface area contributed by atoms with Crippen LogP contribution in [0.2, 0.25) is 0 Å². The van der Waals surface area contributed by atoms with Crippen LogP contribution < -0.4 is 0 Å². The van der Waals surface area contributed by atoms with Gasteiger partial charge in [-0.05, 0) is 84.6 Å². The van der Waals surface area contributed by atoms with Crippen molar-refractivity contribution in [2.75, 3.05) is 0 Å². The highest BCUT2D eigenvalue weighted by Crippen LogP contribution is 2.39. The van der Waals surface area contributed by atoms with Crippen molar-refractivity contribution >= 4 is 12.2 Å². The van der Waals surface area contributed by atoms with E-state index in [1.165, 1.54) is 43.2 Å². The van der Waals surface area contributed by atoms with Gasteiger partial charge < -0.3 is 0 Å². The van der Waals surface area contributed by atoms with E-state index in [-0.39, 0.29) is 5.82 Å². The molecule has 1 heteroatoms. The van der Waals surface area contributed by atoms with E-state index >= 15 is 0 Å². The van der Waals surface area contributed by atoms with Crippen molar-refractivity contribution in [3.8, 4) is 0 Å². The molecule has 0 N–H and O–H groups in total. The van der Waals surface area contributed by atoms with Crippen molar-refractivity contribution in [3.05, 3.63) is 106 Å². The van der Waals surface area contributed by atoms with Crippen LogP contribution in [0.5, 0.6) is 0 Å². The zero-order chi connectivity index (χ0) is 23.0. The third-order valence-electron chi connectivity index (χ3n) is 7.37. The monoisotopic (exact) mass is 440 g/mol. The summed E-state index contributed by atoms with van der Waals surface area (Å²) in [5.74, 6) is 2.03. The molecule has 0 aromatic heterocycles. The normalized spacial score (nSPS) is 19.6. The molecule has 1 saturated carbocycles. The van der Waals surface area contributed by atoms with Crippen molar-refractivity contribution in [1.82, 2.24) is 0 Å². The maximum Gasteiger partial charge on any atom is 0.130 e. The highest BCUT2D eigenvalue weighted by molar-refractivity contribution is 5.70. The van der Waals surface area contributed by atoms with Gasteiger partial charge >= 0.3 is 0 Å². The molecule has 3 aromatic rings. The van der Waals surface area contributed by atoms with Gasteiger partial charge in [-0.25, -0.2) is 4.39 Å². The maximum atomic E-state index is 14.3.